The van der Waals surface area contributed by atoms with Crippen molar-refractivity contribution in [3.63, 3.8) is 0 Å². The Bertz CT molecular complexity index is 335. The van der Waals surface area contributed by atoms with Crippen molar-refractivity contribution >= 4 is 28.5 Å². The minimum absolute atomic E-state index is 0.0521. The number of rotatable bonds is 5. The van der Waals surface area contributed by atoms with Gasteiger partial charge in [0.05, 0.1) is 12.7 Å². The van der Waals surface area contributed by atoms with Crippen LogP contribution in [0.2, 0.25) is 0 Å². The van der Waals surface area contributed by atoms with Crippen LogP contribution in [-0.4, -0.2) is 25.2 Å². The number of carbonyl (C=O) groups excluding carboxylic acids is 1. The summed E-state index contributed by atoms with van der Waals surface area (Å²) >= 11 is 2.21. The number of amides is 1. The monoisotopic (exact) mass is 333 g/mol. The maximum Gasteiger partial charge on any atom is 0.251 e. The molecule has 0 spiro atoms. The van der Waals surface area contributed by atoms with Gasteiger partial charge in [-0.3, -0.25) is 4.79 Å². The van der Waals surface area contributed by atoms with E-state index in [0.717, 1.165) is 3.57 Å². The number of hydrogen-bond donors (Lipinski definition) is 1. The van der Waals surface area contributed by atoms with Crippen LogP contribution >= 0.6 is 22.6 Å². The third kappa shape index (κ3) is 4.94. The fourth-order valence-electron chi connectivity index (χ4n) is 1.16. The van der Waals surface area contributed by atoms with Gasteiger partial charge in [-0.1, -0.05) is 0 Å². The Morgan fingerprint density at radius 3 is 2.56 bits per heavy atom. The van der Waals surface area contributed by atoms with Crippen molar-refractivity contribution < 1.29 is 9.53 Å². The van der Waals surface area contributed by atoms with Crippen LogP contribution < -0.4 is 5.32 Å². The first-order valence-electron chi connectivity index (χ1n) is 5.25. The van der Waals surface area contributed by atoms with Gasteiger partial charge in [0.25, 0.3) is 5.91 Å². The van der Waals surface area contributed by atoms with Crippen LogP contribution in [0.5, 0.6) is 0 Å². The lowest BCUT2D eigenvalue weighted by Gasteiger charge is -2.08. The summed E-state index contributed by atoms with van der Waals surface area (Å²) in [5.41, 5.74) is 0.685. The maximum atomic E-state index is 11.6. The summed E-state index contributed by atoms with van der Waals surface area (Å²) in [4.78, 5) is 11.6. The highest BCUT2D eigenvalue weighted by Crippen LogP contribution is 2.06. The number of carbonyl (C=O) groups is 1. The lowest BCUT2D eigenvalue weighted by molar-refractivity contribution is 0.0746. The summed E-state index contributed by atoms with van der Waals surface area (Å²) in [6.45, 7) is 5.04. The summed E-state index contributed by atoms with van der Waals surface area (Å²) < 4.78 is 6.45. The molecule has 0 heterocycles. The molecule has 0 saturated heterocycles. The van der Waals surface area contributed by atoms with E-state index in [1.54, 1.807) is 0 Å². The Labute approximate surface area is 110 Å². The average Bonchev–Trinajstić information content (AvgIpc) is 2.25. The molecule has 16 heavy (non-hydrogen) atoms. The Balaban J connectivity index is 2.32. The molecule has 3 nitrogen and oxygen atoms in total. The van der Waals surface area contributed by atoms with E-state index in [1.807, 2.05) is 38.1 Å². The number of ether oxygens (including phenoxy) is 1. The average molecular weight is 333 g/mol. The van der Waals surface area contributed by atoms with Gasteiger partial charge in [0.1, 0.15) is 0 Å². The molecule has 0 saturated carbocycles. The lowest BCUT2D eigenvalue weighted by atomic mass is 10.2. The third-order valence-electron chi connectivity index (χ3n) is 1.95. The topological polar surface area (TPSA) is 38.3 Å². The normalized spacial score (nSPS) is 10.5. The van der Waals surface area contributed by atoms with Gasteiger partial charge in [-0.05, 0) is 60.7 Å². The molecule has 0 radical (unpaired) electrons. The van der Waals surface area contributed by atoms with Crippen LogP contribution in [0.4, 0.5) is 0 Å². The molecule has 0 atom stereocenters. The minimum Gasteiger partial charge on any atom is -0.377 e. The highest BCUT2D eigenvalue weighted by Gasteiger charge is 2.03. The SMILES string of the molecule is CC(C)OCCNC(=O)c1ccc(I)cc1. The minimum atomic E-state index is -0.0521. The summed E-state index contributed by atoms with van der Waals surface area (Å²) in [5.74, 6) is -0.0521. The molecule has 0 aliphatic rings. The van der Waals surface area contributed by atoms with Crippen LogP contribution in [0.15, 0.2) is 24.3 Å². The zero-order valence-corrected chi connectivity index (χ0v) is 11.7. The van der Waals surface area contributed by atoms with Crippen molar-refractivity contribution in [2.75, 3.05) is 13.2 Å². The van der Waals surface area contributed by atoms with Gasteiger partial charge >= 0.3 is 0 Å². The number of halogens is 1. The van der Waals surface area contributed by atoms with E-state index < -0.39 is 0 Å². The van der Waals surface area contributed by atoms with E-state index in [1.165, 1.54) is 0 Å². The van der Waals surface area contributed by atoms with Crippen LogP contribution in [0, 0.1) is 3.57 Å². The van der Waals surface area contributed by atoms with Crippen LogP contribution in [0.1, 0.15) is 24.2 Å². The highest BCUT2D eigenvalue weighted by molar-refractivity contribution is 14.1. The first-order chi connectivity index (χ1) is 7.59. The molecule has 88 valence electrons. The summed E-state index contributed by atoms with van der Waals surface area (Å²) in [7, 11) is 0. The number of nitrogens with one attached hydrogen (secondary N) is 1. The van der Waals surface area contributed by atoms with Crippen molar-refractivity contribution in [3.05, 3.63) is 33.4 Å². The molecule has 1 aromatic carbocycles. The van der Waals surface area contributed by atoms with Gasteiger partial charge in [0, 0.05) is 15.7 Å². The second kappa shape index (κ2) is 6.85. The van der Waals surface area contributed by atoms with Gasteiger partial charge in [0.2, 0.25) is 0 Å². The number of benzene rings is 1. The van der Waals surface area contributed by atoms with Gasteiger partial charge < -0.3 is 10.1 Å². The summed E-state index contributed by atoms with van der Waals surface area (Å²) in [6, 6.07) is 7.47. The quantitative estimate of drug-likeness (QED) is 0.664. The molecule has 1 N–H and O–H groups in total. The lowest BCUT2D eigenvalue weighted by Crippen LogP contribution is -2.28. The zero-order chi connectivity index (χ0) is 12.0. The van der Waals surface area contributed by atoms with Gasteiger partial charge in [-0.15, -0.1) is 0 Å². The first-order valence-corrected chi connectivity index (χ1v) is 6.33. The van der Waals surface area contributed by atoms with Gasteiger partial charge in [-0.25, -0.2) is 0 Å². The Kier molecular flexibility index (Phi) is 5.76. The zero-order valence-electron chi connectivity index (χ0n) is 9.50. The predicted molar refractivity (Wildman–Crippen MR) is 72.6 cm³/mol. The van der Waals surface area contributed by atoms with E-state index in [-0.39, 0.29) is 12.0 Å². The van der Waals surface area contributed by atoms with Gasteiger partial charge in [-0.2, -0.15) is 0 Å². The predicted octanol–water partition coefficient (Wildman–Crippen LogP) is 2.45. The van der Waals surface area contributed by atoms with E-state index in [4.69, 9.17) is 4.74 Å². The van der Waals surface area contributed by atoms with Crippen LogP contribution in [0.3, 0.4) is 0 Å². The molecule has 0 aliphatic carbocycles. The molecule has 1 amide bonds. The molecule has 0 bridgehead atoms. The van der Waals surface area contributed by atoms with Crippen molar-refractivity contribution in [1.29, 1.82) is 0 Å². The Morgan fingerprint density at radius 2 is 2.00 bits per heavy atom. The Morgan fingerprint density at radius 1 is 1.38 bits per heavy atom. The smallest absolute Gasteiger partial charge is 0.251 e. The molecule has 1 aromatic rings. The highest BCUT2D eigenvalue weighted by atomic mass is 127. The largest absolute Gasteiger partial charge is 0.377 e. The molecule has 0 aromatic heterocycles. The molecule has 0 aliphatic heterocycles. The van der Waals surface area contributed by atoms with Crippen molar-refractivity contribution in [2.45, 2.75) is 20.0 Å². The molecular weight excluding hydrogens is 317 g/mol. The Hall–Kier alpha value is -0.620. The molecule has 1 rings (SSSR count). The molecule has 4 heteroatoms. The molecule has 0 unspecified atom stereocenters. The number of hydrogen-bond acceptors (Lipinski definition) is 2. The molecular formula is C12H16INO2. The van der Waals surface area contributed by atoms with E-state index in [2.05, 4.69) is 27.9 Å². The first kappa shape index (κ1) is 13.4. The summed E-state index contributed by atoms with van der Waals surface area (Å²) in [6.07, 6.45) is 0.204. The fourth-order valence-corrected chi connectivity index (χ4v) is 1.52. The second-order valence-electron chi connectivity index (χ2n) is 3.68. The fraction of sp³-hybridized carbons (Fsp3) is 0.417. The second-order valence-corrected chi connectivity index (χ2v) is 4.93. The van der Waals surface area contributed by atoms with Crippen molar-refractivity contribution in [3.8, 4) is 0 Å². The standard InChI is InChI=1S/C12H16INO2/c1-9(2)16-8-7-14-12(15)10-3-5-11(13)6-4-10/h3-6,9H,7-8H2,1-2H3,(H,14,15). The van der Waals surface area contributed by atoms with Crippen molar-refractivity contribution in [1.82, 2.24) is 5.32 Å². The molecule has 0 fully saturated rings. The van der Waals surface area contributed by atoms with E-state index in [0.29, 0.717) is 18.7 Å². The van der Waals surface area contributed by atoms with Crippen molar-refractivity contribution in [2.24, 2.45) is 0 Å². The third-order valence-corrected chi connectivity index (χ3v) is 2.66. The van der Waals surface area contributed by atoms with E-state index >= 15 is 0 Å². The van der Waals surface area contributed by atoms with Gasteiger partial charge in [0.15, 0.2) is 0 Å². The summed E-state index contributed by atoms with van der Waals surface area (Å²) in [5, 5.41) is 2.81. The van der Waals surface area contributed by atoms with Crippen LogP contribution in [-0.2, 0) is 4.74 Å². The maximum absolute atomic E-state index is 11.6. The van der Waals surface area contributed by atoms with E-state index in [9.17, 15) is 4.79 Å². The van der Waals surface area contributed by atoms with Crippen LogP contribution in [0.25, 0.3) is 0 Å².